The second kappa shape index (κ2) is 13.9. The highest BCUT2D eigenvalue weighted by Crippen LogP contribution is 2.33. The number of hydrogen-bond donors (Lipinski definition) is 1. The lowest BCUT2D eigenvalue weighted by Crippen LogP contribution is -2.52. The molecule has 0 aliphatic carbocycles. The number of rotatable bonds is 12. The number of methoxy groups -OCH3 is 1. The number of anilines is 1. The van der Waals surface area contributed by atoms with Gasteiger partial charge in [-0.3, -0.25) is 13.9 Å². The molecule has 0 aromatic heterocycles. The molecule has 0 bridgehead atoms. The molecule has 40 heavy (non-hydrogen) atoms. The van der Waals surface area contributed by atoms with Gasteiger partial charge in [0.05, 0.1) is 22.7 Å². The molecular formula is C29H33Cl2N3O5S. The summed E-state index contributed by atoms with van der Waals surface area (Å²) in [5.74, 6) is -0.274. The standard InChI is InChI=1S/C29H33Cl2N3O5S/c1-5-26(29(36)32-6-2)33(18-21-9-12-23(39-4)13-10-21)28(35)19-34(27-17-22(30)11-16-25(27)31)40(37,38)24-14-7-20(3)8-15-24/h7-17,26H,5-6,18-19H2,1-4H3,(H,32,36)/t26-/m1/s1. The minimum absolute atomic E-state index is 0.0144. The summed E-state index contributed by atoms with van der Waals surface area (Å²) in [6.45, 7) is 5.27. The fourth-order valence-corrected chi connectivity index (χ4v) is 6.03. The van der Waals surface area contributed by atoms with Gasteiger partial charge in [0, 0.05) is 18.1 Å². The number of nitrogens with zero attached hydrogens (tertiary/aromatic N) is 2. The van der Waals surface area contributed by atoms with Crippen molar-refractivity contribution in [1.29, 1.82) is 0 Å². The quantitative estimate of drug-likeness (QED) is 0.296. The van der Waals surface area contributed by atoms with Crippen molar-refractivity contribution in [1.82, 2.24) is 10.2 Å². The number of likely N-dealkylation sites (N-methyl/N-ethyl adjacent to an activating group) is 1. The van der Waals surface area contributed by atoms with E-state index in [1.807, 2.05) is 6.92 Å². The van der Waals surface area contributed by atoms with Gasteiger partial charge in [0.25, 0.3) is 10.0 Å². The number of ether oxygens (including phenoxy) is 1. The van der Waals surface area contributed by atoms with Crippen molar-refractivity contribution in [2.45, 2.75) is 44.7 Å². The van der Waals surface area contributed by atoms with Crippen LogP contribution in [-0.4, -0.2) is 51.4 Å². The number of halogens is 2. The number of carbonyl (C=O) groups is 2. The third-order valence-electron chi connectivity index (χ3n) is 6.31. The highest BCUT2D eigenvalue weighted by molar-refractivity contribution is 7.92. The van der Waals surface area contributed by atoms with Gasteiger partial charge >= 0.3 is 0 Å². The Hall–Kier alpha value is -3.27. The highest BCUT2D eigenvalue weighted by Gasteiger charge is 2.34. The smallest absolute Gasteiger partial charge is 0.264 e. The molecule has 3 aromatic rings. The lowest BCUT2D eigenvalue weighted by atomic mass is 10.1. The molecule has 0 heterocycles. The Bertz CT molecular complexity index is 1430. The van der Waals surface area contributed by atoms with Crippen LogP contribution in [0.2, 0.25) is 10.0 Å². The first-order valence-corrected chi connectivity index (χ1v) is 15.0. The fraction of sp³-hybridized carbons (Fsp3) is 0.310. The zero-order chi connectivity index (χ0) is 29.4. The van der Waals surface area contributed by atoms with Gasteiger partial charge in [0.15, 0.2) is 0 Å². The van der Waals surface area contributed by atoms with E-state index in [1.165, 1.54) is 35.2 Å². The van der Waals surface area contributed by atoms with Crippen molar-refractivity contribution < 1.29 is 22.7 Å². The molecule has 3 aromatic carbocycles. The molecule has 0 unspecified atom stereocenters. The van der Waals surface area contributed by atoms with E-state index < -0.39 is 28.5 Å². The average Bonchev–Trinajstić information content (AvgIpc) is 2.93. The van der Waals surface area contributed by atoms with Crippen LogP contribution in [-0.2, 0) is 26.2 Å². The summed E-state index contributed by atoms with van der Waals surface area (Å²) < 4.78 is 34.0. The number of amides is 2. The first kappa shape index (κ1) is 31.3. The first-order valence-electron chi connectivity index (χ1n) is 12.8. The molecule has 0 aliphatic heterocycles. The van der Waals surface area contributed by atoms with Crippen LogP contribution in [0.25, 0.3) is 0 Å². The molecule has 0 fully saturated rings. The Morgan fingerprint density at radius 2 is 1.62 bits per heavy atom. The summed E-state index contributed by atoms with van der Waals surface area (Å²) in [7, 11) is -2.71. The molecule has 0 saturated heterocycles. The molecule has 2 amide bonds. The normalized spacial score (nSPS) is 11.9. The molecule has 1 N–H and O–H groups in total. The van der Waals surface area contributed by atoms with Crippen LogP contribution in [0.1, 0.15) is 31.4 Å². The largest absolute Gasteiger partial charge is 0.497 e. The van der Waals surface area contributed by atoms with E-state index in [4.69, 9.17) is 27.9 Å². The fourth-order valence-electron chi connectivity index (χ4n) is 4.17. The lowest BCUT2D eigenvalue weighted by molar-refractivity contribution is -0.140. The summed E-state index contributed by atoms with van der Waals surface area (Å²) in [6.07, 6.45) is 0.316. The van der Waals surface area contributed by atoms with Crippen LogP contribution in [0.5, 0.6) is 5.75 Å². The number of benzene rings is 3. The number of aryl methyl sites for hydroxylation is 1. The van der Waals surface area contributed by atoms with E-state index in [0.717, 1.165) is 15.4 Å². The maximum Gasteiger partial charge on any atom is 0.264 e. The van der Waals surface area contributed by atoms with Crippen LogP contribution in [0.15, 0.2) is 71.6 Å². The molecule has 0 aliphatic rings. The van der Waals surface area contributed by atoms with Gasteiger partial charge in [0.2, 0.25) is 11.8 Å². The molecule has 0 spiro atoms. The second-order valence-electron chi connectivity index (χ2n) is 9.11. The lowest BCUT2D eigenvalue weighted by Gasteiger charge is -2.33. The summed E-state index contributed by atoms with van der Waals surface area (Å²) in [5, 5.41) is 3.13. The van der Waals surface area contributed by atoms with Crippen LogP contribution >= 0.6 is 23.2 Å². The van der Waals surface area contributed by atoms with Crippen molar-refractivity contribution in [3.05, 3.63) is 87.9 Å². The van der Waals surface area contributed by atoms with E-state index in [9.17, 15) is 18.0 Å². The zero-order valence-corrected chi connectivity index (χ0v) is 25.2. The minimum Gasteiger partial charge on any atom is -0.497 e. The van der Waals surface area contributed by atoms with Gasteiger partial charge in [-0.15, -0.1) is 0 Å². The number of hydrogen-bond acceptors (Lipinski definition) is 5. The second-order valence-corrected chi connectivity index (χ2v) is 11.8. The molecule has 0 saturated carbocycles. The SMILES string of the molecule is CCNC(=O)[C@@H](CC)N(Cc1ccc(OC)cc1)C(=O)CN(c1cc(Cl)ccc1Cl)S(=O)(=O)c1ccc(C)cc1. The Kier molecular flexibility index (Phi) is 10.8. The van der Waals surface area contributed by atoms with E-state index >= 15 is 0 Å². The van der Waals surface area contributed by atoms with Crippen molar-refractivity contribution in [3.8, 4) is 5.75 Å². The van der Waals surface area contributed by atoms with Crippen molar-refractivity contribution in [2.24, 2.45) is 0 Å². The Balaban J connectivity index is 2.09. The molecule has 8 nitrogen and oxygen atoms in total. The molecule has 214 valence electrons. The average molecular weight is 607 g/mol. The van der Waals surface area contributed by atoms with E-state index in [1.54, 1.807) is 57.4 Å². The van der Waals surface area contributed by atoms with Gasteiger partial charge in [0.1, 0.15) is 18.3 Å². The first-order chi connectivity index (χ1) is 19.0. The van der Waals surface area contributed by atoms with Gasteiger partial charge in [-0.1, -0.05) is 60.0 Å². The highest BCUT2D eigenvalue weighted by atomic mass is 35.5. The maximum absolute atomic E-state index is 14.0. The van der Waals surface area contributed by atoms with Crippen LogP contribution < -0.4 is 14.4 Å². The Labute approximate surface area is 245 Å². The van der Waals surface area contributed by atoms with E-state index in [-0.39, 0.29) is 33.1 Å². The maximum atomic E-state index is 14.0. The van der Waals surface area contributed by atoms with Crippen molar-refractivity contribution in [3.63, 3.8) is 0 Å². The molecule has 3 rings (SSSR count). The number of nitrogens with one attached hydrogen (secondary N) is 1. The number of sulfonamides is 1. The summed E-state index contributed by atoms with van der Waals surface area (Å²) in [6, 6.07) is 16.9. The third-order valence-corrected chi connectivity index (χ3v) is 8.64. The molecule has 1 atom stereocenters. The predicted octanol–water partition coefficient (Wildman–Crippen LogP) is 5.45. The molecule has 11 heteroatoms. The van der Waals surface area contributed by atoms with Gasteiger partial charge in [-0.25, -0.2) is 8.42 Å². The summed E-state index contributed by atoms with van der Waals surface area (Å²) in [4.78, 5) is 28.4. The van der Waals surface area contributed by atoms with E-state index in [0.29, 0.717) is 18.7 Å². The monoisotopic (exact) mass is 605 g/mol. The van der Waals surface area contributed by atoms with Crippen molar-refractivity contribution >= 4 is 50.7 Å². The zero-order valence-electron chi connectivity index (χ0n) is 22.9. The van der Waals surface area contributed by atoms with Gasteiger partial charge < -0.3 is 15.0 Å². The van der Waals surface area contributed by atoms with Gasteiger partial charge in [-0.05, 0) is 68.3 Å². The van der Waals surface area contributed by atoms with Crippen LogP contribution in [0.4, 0.5) is 5.69 Å². The van der Waals surface area contributed by atoms with E-state index in [2.05, 4.69) is 5.32 Å². The summed E-state index contributed by atoms with van der Waals surface area (Å²) >= 11 is 12.7. The molecular weight excluding hydrogens is 573 g/mol. The predicted molar refractivity (Wildman–Crippen MR) is 158 cm³/mol. The molecule has 0 radical (unpaired) electrons. The van der Waals surface area contributed by atoms with Gasteiger partial charge in [-0.2, -0.15) is 0 Å². The Morgan fingerprint density at radius 1 is 0.975 bits per heavy atom. The Morgan fingerprint density at radius 3 is 2.20 bits per heavy atom. The summed E-state index contributed by atoms with van der Waals surface area (Å²) in [5.41, 5.74) is 1.67. The van der Waals surface area contributed by atoms with Crippen LogP contribution in [0, 0.1) is 6.92 Å². The topological polar surface area (TPSA) is 96.0 Å². The van der Waals surface area contributed by atoms with Crippen molar-refractivity contribution in [2.75, 3.05) is 24.5 Å². The van der Waals surface area contributed by atoms with Crippen LogP contribution in [0.3, 0.4) is 0 Å². The number of carbonyl (C=O) groups excluding carboxylic acids is 2. The minimum atomic E-state index is -4.26. The third kappa shape index (κ3) is 7.47.